The van der Waals surface area contributed by atoms with Gasteiger partial charge in [0.1, 0.15) is 6.42 Å². The molecular weight excluding hydrogens is 350 g/mol. The molecule has 0 N–H and O–H groups in total. The fraction of sp³-hybridized carbons (Fsp3) is 0.588. The van der Waals surface area contributed by atoms with Crippen molar-refractivity contribution in [3.05, 3.63) is 24.1 Å². The molecule has 0 radical (unpaired) electrons. The summed E-state index contributed by atoms with van der Waals surface area (Å²) in [6, 6.07) is 0. The van der Waals surface area contributed by atoms with Gasteiger partial charge in [-0.05, 0) is 20.4 Å². The SMILES string of the molecule is Cc1noc(CC(=O)N2CCC3(C2)CN(c2cnn(C)c2)C(=O)CN3C)n1. The molecule has 2 aliphatic heterocycles. The molecule has 27 heavy (non-hydrogen) atoms. The van der Waals surface area contributed by atoms with Crippen molar-refractivity contribution in [3.63, 3.8) is 0 Å². The lowest BCUT2D eigenvalue weighted by Gasteiger charge is -2.46. The van der Waals surface area contributed by atoms with Crippen molar-refractivity contribution in [2.24, 2.45) is 7.05 Å². The van der Waals surface area contributed by atoms with Crippen LogP contribution in [0.4, 0.5) is 5.69 Å². The largest absolute Gasteiger partial charge is 0.340 e. The van der Waals surface area contributed by atoms with E-state index in [9.17, 15) is 9.59 Å². The number of aryl methyl sites for hydroxylation is 2. The number of nitrogens with zero attached hydrogens (tertiary/aromatic N) is 7. The minimum absolute atomic E-state index is 0.0336. The van der Waals surface area contributed by atoms with Crippen LogP contribution in [-0.4, -0.2) is 80.3 Å². The molecule has 0 aliphatic carbocycles. The maximum atomic E-state index is 12.7. The molecule has 4 rings (SSSR count). The molecular formula is C17H23N7O3. The molecule has 144 valence electrons. The second-order valence-electron chi connectivity index (χ2n) is 7.41. The molecule has 1 unspecified atom stereocenters. The Kier molecular flexibility index (Phi) is 4.22. The van der Waals surface area contributed by atoms with Crippen molar-refractivity contribution < 1.29 is 14.1 Å². The van der Waals surface area contributed by atoms with Crippen molar-refractivity contribution in [1.82, 2.24) is 29.7 Å². The average Bonchev–Trinajstić information content (AvgIpc) is 3.32. The first-order valence-electron chi connectivity index (χ1n) is 8.93. The molecule has 2 aromatic rings. The highest BCUT2D eigenvalue weighted by Gasteiger charge is 2.48. The highest BCUT2D eigenvalue weighted by Crippen LogP contribution is 2.33. The number of piperazine rings is 1. The number of likely N-dealkylation sites (N-methyl/N-ethyl adjacent to an activating group) is 1. The van der Waals surface area contributed by atoms with Crippen LogP contribution in [0.1, 0.15) is 18.1 Å². The van der Waals surface area contributed by atoms with Crippen molar-refractivity contribution in [1.29, 1.82) is 0 Å². The Morgan fingerprint density at radius 1 is 1.33 bits per heavy atom. The Hall–Kier alpha value is -2.75. The molecule has 2 amide bonds. The number of hydrogen-bond donors (Lipinski definition) is 0. The summed E-state index contributed by atoms with van der Waals surface area (Å²) >= 11 is 0. The third kappa shape index (κ3) is 3.20. The summed E-state index contributed by atoms with van der Waals surface area (Å²) in [6.45, 7) is 3.80. The second-order valence-corrected chi connectivity index (χ2v) is 7.41. The topological polar surface area (TPSA) is 101 Å². The molecule has 2 fully saturated rings. The van der Waals surface area contributed by atoms with E-state index in [1.807, 2.05) is 25.2 Å². The minimum atomic E-state index is -0.260. The maximum absolute atomic E-state index is 12.7. The summed E-state index contributed by atoms with van der Waals surface area (Å²) in [5, 5.41) is 7.90. The van der Waals surface area contributed by atoms with E-state index in [-0.39, 0.29) is 23.8 Å². The predicted octanol–water partition coefficient (Wildman–Crippen LogP) is -0.396. The highest BCUT2D eigenvalue weighted by atomic mass is 16.5. The summed E-state index contributed by atoms with van der Waals surface area (Å²) in [5.41, 5.74) is 0.533. The molecule has 2 saturated heterocycles. The van der Waals surface area contributed by atoms with Crippen LogP contribution < -0.4 is 4.90 Å². The van der Waals surface area contributed by atoms with Gasteiger partial charge in [0, 0.05) is 32.9 Å². The van der Waals surface area contributed by atoms with Gasteiger partial charge in [-0.25, -0.2) is 0 Å². The van der Waals surface area contributed by atoms with E-state index >= 15 is 0 Å². The van der Waals surface area contributed by atoms with Crippen molar-refractivity contribution in [2.45, 2.75) is 25.3 Å². The third-order valence-corrected chi connectivity index (χ3v) is 5.50. The average molecular weight is 373 g/mol. The van der Waals surface area contributed by atoms with Gasteiger partial charge in [0.05, 0.1) is 24.0 Å². The highest BCUT2D eigenvalue weighted by molar-refractivity contribution is 5.95. The van der Waals surface area contributed by atoms with Gasteiger partial charge < -0.3 is 14.3 Å². The molecule has 4 heterocycles. The Morgan fingerprint density at radius 3 is 2.81 bits per heavy atom. The van der Waals surface area contributed by atoms with Gasteiger partial charge in [-0.2, -0.15) is 10.1 Å². The molecule has 10 nitrogen and oxygen atoms in total. The standard InChI is InChI=1S/C17H23N7O3/c1-12-19-14(27-20-12)6-15(25)23-5-4-17(10-23)11-24(16(26)9-21(17)2)13-7-18-22(3)8-13/h7-8H,4-6,9-11H2,1-3H3. The van der Waals surface area contributed by atoms with E-state index in [1.165, 1.54) is 0 Å². The lowest BCUT2D eigenvalue weighted by atomic mass is 9.93. The quantitative estimate of drug-likeness (QED) is 0.722. The molecule has 2 aromatic heterocycles. The zero-order valence-corrected chi connectivity index (χ0v) is 15.8. The molecule has 0 saturated carbocycles. The number of hydrogen-bond acceptors (Lipinski definition) is 7. The number of aromatic nitrogens is 4. The van der Waals surface area contributed by atoms with E-state index in [0.29, 0.717) is 37.9 Å². The number of anilines is 1. The van der Waals surface area contributed by atoms with Gasteiger partial charge in [-0.3, -0.25) is 19.2 Å². The number of rotatable bonds is 3. The van der Waals surface area contributed by atoms with Crippen molar-refractivity contribution in [3.8, 4) is 0 Å². The first-order chi connectivity index (χ1) is 12.9. The van der Waals surface area contributed by atoms with Crippen LogP contribution in [0.25, 0.3) is 0 Å². The Balaban J connectivity index is 1.49. The summed E-state index contributed by atoms with van der Waals surface area (Å²) < 4.78 is 6.75. The monoisotopic (exact) mass is 373 g/mol. The summed E-state index contributed by atoms with van der Waals surface area (Å²) in [6.07, 6.45) is 4.45. The van der Waals surface area contributed by atoms with Gasteiger partial charge in [0.25, 0.3) is 0 Å². The molecule has 1 atom stereocenters. The van der Waals surface area contributed by atoms with Gasteiger partial charge in [0.2, 0.25) is 17.7 Å². The van der Waals surface area contributed by atoms with Crippen molar-refractivity contribution >= 4 is 17.5 Å². The van der Waals surface area contributed by atoms with Gasteiger partial charge in [0.15, 0.2) is 5.82 Å². The van der Waals surface area contributed by atoms with E-state index in [1.54, 1.807) is 22.7 Å². The summed E-state index contributed by atoms with van der Waals surface area (Å²) in [5.74, 6) is 0.868. The van der Waals surface area contributed by atoms with Crippen LogP contribution in [0, 0.1) is 6.92 Å². The zero-order chi connectivity index (χ0) is 19.2. The predicted molar refractivity (Wildman–Crippen MR) is 94.9 cm³/mol. The smallest absolute Gasteiger partial charge is 0.241 e. The van der Waals surface area contributed by atoms with Crippen LogP contribution in [-0.2, 0) is 23.1 Å². The zero-order valence-electron chi connectivity index (χ0n) is 15.8. The Labute approximate surface area is 156 Å². The first-order valence-corrected chi connectivity index (χ1v) is 8.93. The van der Waals surface area contributed by atoms with Crippen LogP contribution in [0.2, 0.25) is 0 Å². The molecule has 2 aliphatic rings. The Morgan fingerprint density at radius 2 is 2.15 bits per heavy atom. The minimum Gasteiger partial charge on any atom is -0.340 e. The summed E-state index contributed by atoms with van der Waals surface area (Å²) in [4.78, 5) is 35.0. The third-order valence-electron chi connectivity index (χ3n) is 5.50. The Bertz CT molecular complexity index is 876. The molecule has 1 spiro atoms. The number of likely N-dealkylation sites (tertiary alicyclic amines) is 1. The van der Waals surface area contributed by atoms with Crippen LogP contribution in [0.3, 0.4) is 0 Å². The maximum Gasteiger partial charge on any atom is 0.241 e. The number of amides is 2. The van der Waals surface area contributed by atoms with E-state index in [0.717, 1.165) is 12.1 Å². The lowest BCUT2D eigenvalue weighted by molar-refractivity contribution is -0.130. The molecule has 10 heteroatoms. The normalized spacial score (nSPS) is 23.6. The van der Waals surface area contributed by atoms with E-state index in [2.05, 4.69) is 20.1 Å². The van der Waals surface area contributed by atoms with Crippen LogP contribution in [0.15, 0.2) is 16.9 Å². The second kappa shape index (κ2) is 6.45. The fourth-order valence-electron chi connectivity index (χ4n) is 3.91. The first kappa shape index (κ1) is 17.7. The van der Waals surface area contributed by atoms with E-state index in [4.69, 9.17) is 4.52 Å². The number of carbonyl (C=O) groups is 2. The van der Waals surface area contributed by atoms with E-state index < -0.39 is 0 Å². The van der Waals surface area contributed by atoms with Gasteiger partial charge in [-0.1, -0.05) is 5.16 Å². The van der Waals surface area contributed by atoms with Crippen LogP contribution in [0.5, 0.6) is 0 Å². The van der Waals surface area contributed by atoms with Gasteiger partial charge >= 0.3 is 0 Å². The fourth-order valence-corrected chi connectivity index (χ4v) is 3.91. The number of carbonyl (C=O) groups excluding carboxylic acids is 2. The molecule has 0 aromatic carbocycles. The van der Waals surface area contributed by atoms with Crippen LogP contribution >= 0.6 is 0 Å². The summed E-state index contributed by atoms with van der Waals surface area (Å²) in [7, 11) is 3.78. The van der Waals surface area contributed by atoms with Crippen molar-refractivity contribution in [2.75, 3.05) is 38.1 Å². The lowest BCUT2D eigenvalue weighted by Crippen LogP contribution is -2.64. The molecule has 0 bridgehead atoms. The van der Waals surface area contributed by atoms with Gasteiger partial charge in [-0.15, -0.1) is 0 Å².